The second-order valence-corrected chi connectivity index (χ2v) is 6.20. The fourth-order valence-electron chi connectivity index (χ4n) is 1.88. The molecule has 1 aliphatic rings. The minimum Gasteiger partial charge on any atom is -0.352 e. The zero-order valence-electron chi connectivity index (χ0n) is 9.63. The predicted molar refractivity (Wildman–Crippen MR) is 74.1 cm³/mol. The zero-order chi connectivity index (χ0) is 12.6. The van der Waals surface area contributed by atoms with E-state index in [0.717, 1.165) is 21.3 Å². The number of rotatable bonds is 1. The largest absolute Gasteiger partial charge is 0.352 e. The van der Waals surface area contributed by atoms with E-state index in [4.69, 9.17) is 0 Å². The normalized spacial score (nSPS) is 19.1. The van der Waals surface area contributed by atoms with E-state index in [9.17, 15) is 4.79 Å². The molecule has 0 atom stereocenters. The number of carbonyl (C=O) groups excluding carboxylic acids is 1. The number of pyridine rings is 1. The number of hydrogen-bond donors (Lipinski definition) is 1. The number of hydrogen-bond acceptors (Lipinski definition) is 3. The summed E-state index contributed by atoms with van der Waals surface area (Å²) in [5, 5.41) is 2.87. The highest BCUT2D eigenvalue weighted by Crippen LogP contribution is 2.32. The van der Waals surface area contributed by atoms with Crippen LogP contribution in [0.5, 0.6) is 0 Å². The van der Waals surface area contributed by atoms with Gasteiger partial charge in [-0.25, -0.2) is 4.98 Å². The van der Waals surface area contributed by atoms with Crippen LogP contribution in [0, 0.1) is 0 Å². The van der Waals surface area contributed by atoms with Crippen LogP contribution in [0.4, 0.5) is 5.82 Å². The van der Waals surface area contributed by atoms with Crippen molar-refractivity contribution in [3.8, 4) is 0 Å². The molecule has 0 aliphatic carbocycles. The molecule has 2 rings (SSSR count). The molecule has 6 heteroatoms. The van der Waals surface area contributed by atoms with E-state index >= 15 is 0 Å². The van der Waals surface area contributed by atoms with Gasteiger partial charge in [0.05, 0.1) is 4.47 Å². The van der Waals surface area contributed by atoms with E-state index in [0.29, 0.717) is 6.54 Å². The van der Waals surface area contributed by atoms with Crippen molar-refractivity contribution < 1.29 is 4.79 Å². The van der Waals surface area contributed by atoms with Crippen molar-refractivity contribution in [3.05, 3.63) is 21.2 Å². The molecule has 1 N–H and O–H groups in total. The molecule has 4 nitrogen and oxygen atoms in total. The molecule has 17 heavy (non-hydrogen) atoms. The van der Waals surface area contributed by atoms with Gasteiger partial charge in [-0.3, -0.25) is 4.79 Å². The lowest BCUT2D eigenvalue weighted by atomic mass is 9.99. The van der Waals surface area contributed by atoms with Crippen molar-refractivity contribution in [2.45, 2.75) is 19.4 Å². The molecular weight excluding hydrogens is 350 g/mol. The third-order valence-electron chi connectivity index (χ3n) is 2.90. The van der Waals surface area contributed by atoms with Crippen molar-refractivity contribution in [2.24, 2.45) is 0 Å². The van der Waals surface area contributed by atoms with Crippen molar-refractivity contribution in [3.63, 3.8) is 0 Å². The van der Waals surface area contributed by atoms with E-state index in [1.54, 1.807) is 6.20 Å². The van der Waals surface area contributed by atoms with E-state index in [2.05, 4.69) is 42.2 Å². The highest BCUT2D eigenvalue weighted by atomic mass is 79.9. The smallest absolute Gasteiger partial charge is 0.245 e. The third kappa shape index (κ3) is 2.33. The summed E-state index contributed by atoms with van der Waals surface area (Å²) in [7, 11) is 0. The molecule has 1 fully saturated rings. The summed E-state index contributed by atoms with van der Waals surface area (Å²) in [6.45, 7) is 5.20. The molecule has 0 bridgehead atoms. The SMILES string of the molecule is CC1(C)C(=O)NCCN1c1ncc(Br)cc1Br. The van der Waals surface area contributed by atoms with Crippen LogP contribution in [0.15, 0.2) is 21.2 Å². The second kappa shape index (κ2) is 4.57. The van der Waals surface area contributed by atoms with Gasteiger partial charge >= 0.3 is 0 Å². The van der Waals surface area contributed by atoms with Crippen LogP contribution < -0.4 is 10.2 Å². The van der Waals surface area contributed by atoms with Crippen LogP contribution in [0.1, 0.15) is 13.8 Å². The first-order valence-corrected chi connectivity index (χ1v) is 6.88. The Kier molecular flexibility index (Phi) is 3.45. The van der Waals surface area contributed by atoms with E-state index < -0.39 is 5.54 Å². The number of nitrogens with one attached hydrogen (secondary N) is 1. The summed E-state index contributed by atoms with van der Waals surface area (Å²) < 4.78 is 1.79. The van der Waals surface area contributed by atoms with Crippen LogP contribution >= 0.6 is 31.9 Å². The Morgan fingerprint density at radius 1 is 1.47 bits per heavy atom. The number of anilines is 1. The van der Waals surface area contributed by atoms with E-state index in [-0.39, 0.29) is 5.91 Å². The summed E-state index contributed by atoms with van der Waals surface area (Å²) in [4.78, 5) is 18.3. The number of carbonyl (C=O) groups is 1. The fourth-order valence-corrected chi connectivity index (χ4v) is 3.08. The summed E-state index contributed by atoms with van der Waals surface area (Å²) in [5.74, 6) is 0.827. The number of halogens is 2. The highest BCUT2D eigenvalue weighted by molar-refractivity contribution is 9.11. The first kappa shape index (κ1) is 12.8. The molecule has 0 radical (unpaired) electrons. The lowest BCUT2D eigenvalue weighted by Gasteiger charge is -2.42. The van der Waals surface area contributed by atoms with Gasteiger partial charge in [-0.2, -0.15) is 0 Å². The van der Waals surface area contributed by atoms with E-state index in [1.165, 1.54) is 0 Å². The molecule has 0 spiro atoms. The molecule has 1 aromatic rings. The first-order valence-electron chi connectivity index (χ1n) is 5.30. The minimum atomic E-state index is -0.582. The van der Waals surface area contributed by atoms with Crippen LogP contribution in [0.25, 0.3) is 0 Å². The molecule has 1 aromatic heterocycles. The lowest BCUT2D eigenvalue weighted by Crippen LogP contribution is -2.62. The van der Waals surface area contributed by atoms with Crippen LogP contribution in [0.3, 0.4) is 0 Å². The molecular formula is C11H13Br2N3O. The minimum absolute atomic E-state index is 0.0281. The van der Waals surface area contributed by atoms with Crippen LogP contribution in [-0.2, 0) is 4.79 Å². The number of piperazine rings is 1. The van der Waals surface area contributed by atoms with E-state index in [1.807, 2.05) is 24.8 Å². The summed E-state index contributed by atoms with van der Waals surface area (Å²) in [6.07, 6.45) is 1.74. The number of amides is 1. The van der Waals surface area contributed by atoms with Gasteiger partial charge in [-0.05, 0) is 51.8 Å². The topological polar surface area (TPSA) is 45.2 Å². The zero-order valence-corrected chi connectivity index (χ0v) is 12.8. The van der Waals surface area contributed by atoms with Gasteiger partial charge in [0.1, 0.15) is 11.4 Å². The average Bonchev–Trinajstić information content (AvgIpc) is 2.23. The maximum absolute atomic E-state index is 11.9. The Morgan fingerprint density at radius 3 is 2.82 bits per heavy atom. The number of nitrogens with zero attached hydrogens (tertiary/aromatic N) is 2. The van der Waals surface area contributed by atoms with Gasteiger partial charge in [-0.1, -0.05) is 0 Å². The van der Waals surface area contributed by atoms with Gasteiger partial charge in [0.15, 0.2) is 0 Å². The number of aromatic nitrogens is 1. The Labute approximate surface area is 117 Å². The lowest BCUT2D eigenvalue weighted by molar-refractivity contribution is -0.126. The molecule has 1 amide bonds. The highest BCUT2D eigenvalue weighted by Gasteiger charge is 2.39. The van der Waals surface area contributed by atoms with Crippen molar-refractivity contribution >= 4 is 43.6 Å². The molecule has 92 valence electrons. The van der Waals surface area contributed by atoms with Gasteiger partial charge in [0.25, 0.3) is 0 Å². The maximum atomic E-state index is 11.9. The Bertz CT molecular complexity index is 462. The standard InChI is InChI=1S/C11H13Br2N3O/c1-11(2)10(17)14-3-4-16(11)9-8(13)5-7(12)6-15-9/h5-6H,3-4H2,1-2H3,(H,14,17). The Morgan fingerprint density at radius 2 is 2.18 bits per heavy atom. The molecule has 2 heterocycles. The monoisotopic (exact) mass is 361 g/mol. The van der Waals surface area contributed by atoms with Gasteiger partial charge in [0.2, 0.25) is 5.91 Å². The summed E-state index contributed by atoms with van der Waals surface area (Å²) in [5.41, 5.74) is -0.582. The van der Waals surface area contributed by atoms with Crippen molar-refractivity contribution in [1.82, 2.24) is 10.3 Å². The Balaban J connectivity index is 2.41. The van der Waals surface area contributed by atoms with Gasteiger partial charge in [0, 0.05) is 23.8 Å². The molecule has 0 saturated carbocycles. The Hall–Kier alpha value is -0.620. The van der Waals surface area contributed by atoms with Crippen LogP contribution in [0.2, 0.25) is 0 Å². The van der Waals surface area contributed by atoms with Crippen LogP contribution in [-0.4, -0.2) is 29.5 Å². The molecule has 1 aliphatic heterocycles. The second-order valence-electron chi connectivity index (χ2n) is 4.43. The van der Waals surface area contributed by atoms with Crippen molar-refractivity contribution in [2.75, 3.05) is 18.0 Å². The molecule has 0 aromatic carbocycles. The summed E-state index contributed by atoms with van der Waals surface area (Å²) >= 11 is 6.86. The predicted octanol–water partition coefficient (Wildman–Crippen LogP) is 2.32. The van der Waals surface area contributed by atoms with Gasteiger partial charge < -0.3 is 10.2 Å². The van der Waals surface area contributed by atoms with Gasteiger partial charge in [-0.15, -0.1) is 0 Å². The fraction of sp³-hybridized carbons (Fsp3) is 0.455. The maximum Gasteiger partial charge on any atom is 0.245 e. The third-order valence-corrected chi connectivity index (χ3v) is 3.91. The molecule has 1 saturated heterocycles. The molecule has 0 unspecified atom stereocenters. The first-order chi connectivity index (χ1) is 7.93. The van der Waals surface area contributed by atoms with Crippen molar-refractivity contribution in [1.29, 1.82) is 0 Å². The quantitative estimate of drug-likeness (QED) is 0.833. The average molecular weight is 363 g/mol. The summed E-state index contributed by atoms with van der Waals surface area (Å²) in [6, 6.07) is 1.94.